The number of rotatable bonds is 7. The Hall–Kier alpha value is -2.64. The molecule has 5 rings (SSSR count). The Balaban J connectivity index is 1.03. The van der Waals surface area contributed by atoms with Gasteiger partial charge in [-0.25, -0.2) is 0 Å². The molecule has 1 atom stereocenters. The maximum atomic E-state index is 12.5. The third kappa shape index (κ3) is 5.22. The van der Waals surface area contributed by atoms with Crippen molar-refractivity contribution in [2.45, 2.75) is 25.4 Å². The molecule has 2 aromatic rings. The number of hydrogen-bond donors (Lipinski definition) is 1. The zero-order valence-corrected chi connectivity index (χ0v) is 18.5. The average Bonchev–Trinajstić information content (AvgIpc) is 3.29. The third-order valence-electron chi connectivity index (χ3n) is 6.76. The number of piperidine rings is 1. The molecule has 0 spiro atoms. The number of pyridine rings is 1. The Labute approximate surface area is 189 Å². The summed E-state index contributed by atoms with van der Waals surface area (Å²) in [7, 11) is 0. The first-order valence-corrected chi connectivity index (χ1v) is 11.8. The monoisotopic (exact) mass is 436 g/mol. The smallest absolute Gasteiger partial charge is 0.231 e. The van der Waals surface area contributed by atoms with E-state index in [2.05, 4.69) is 20.1 Å². The molecule has 1 aromatic heterocycles. The minimum absolute atomic E-state index is 0.00659. The quantitative estimate of drug-likeness (QED) is 0.720. The van der Waals surface area contributed by atoms with Crippen molar-refractivity contribution in [2.24, 2.45) is 11.8 Å². The van der Waals surface area contributed by atoms with Gasteiger partial charge in [-0.1, -0.05) is 0 Å². The second-order valence-electron chi connectivity index (χ2n) is 9.17. The molecule has 7 heteroatoms. The number of nitrogens with one attached hydrogen (secondary N) is 1. The summed E-state index contributed by atoms with van der Waals surface area (Å²) in [6.45, 7) is 6.63. The molecule has 1 N–H and O–H groups in total. The lowest BCUT2D eigenvalue weighted by molar-refractivity contribution is -0.120. The molecule has 3 saturated heterocycles. The van der Waals surface area contributed by atoms with Crippen LogP contribution in [0.4, 0.5) is 11.4 Å². The van der Waals surface area contributed by atoms with Gasteiger partial charge in [0.1, 0.15) is 11.9 Å². The van der Waals surface area contributed by atoms with Crippen molar-refractivity contribution >= 4 is 17.3 Å². The molecule has 1 unspecified atom stereocenters. The van der Waals surface area contributed by atoms with Crippen LogP contribution in [-0.2, 0) is 9.53 Å². The second kappa shape index (κ2) is 9.88. The maximum absolute atomic E-state index is 12.5. The predicted octanol–water partition coefficient (Wildman–Crippen LogP) is 3.04. The molecule has 3 fully saturated rings. The van der Waals surface area contributed by atoms with E-state index in [4.69, 9.17) is 9.47 Å². The summed E-state index contributed by atoms with van der Waals surface area (Å²) in [5.41, 5.74) is 1.88. The van der Waals surface area contributed by atoms with Crippen LogP contribution >= 0.6 is 0 Å². The van der Waals surface area contributed by atoms with Gasteiger partial charge < -0.3 is 24.6 Å². The van der Waals surface area contributed by atoms with Crippen LogP contribution in [0.15, 0.2) is 48.8 Å². The molecule has 3 aliphatic heterocycles. The van der Waals surface area contributed by atoms with Crippen molar-refractivity contribution in [2.75, 3.05) is 56.2 Å². The lowest BCUT2D eigenvalue weighted by Crippen LogP contribution is -2.52. The van der Waals surface area contributed by atoms with Gasteiger partial charge in [-0.2, -0.15) is 0 Å². The molecular formula is C25H32N4O3. The van der Waals surface area contributed by atoms with Gasteiger partial charge in [-0.15, -0.1) is 0 Å². The van der Waals surface area contributed by atoms with Crippen molar-refractivity contribution in [3.8, 4) is 5.75 Å². The van der Waals surface area contributed by atoms with Crippen LogP contribution in [0, 0.1) is 11.8 Å². The molecule has 4 heterocycles. The Morgan fingerprint density at radius 2 is 1.94 bits per heavy atom. The van der Waals surface area contributed by atoms with E-state index >= 15 is 0 Å². The number of carbonyl (C=O) groups is 1. The molecule has 0 aliphatic carbocycles. The number of hydrogen-bond acceptors (Lipinski definition) is 6. The normalized spacial score (nSPS) is 22.5. The summed E-state index contributed by atoms with van der Waals surface area (Å²) in [5.74, 6) is 1.65. The first-order chi connectivity index (χ1) is 15.7. The van der Waals surface area contributed by atoms with Crippen LogP contribution < -0.4 is 15.0 Å². The number of anilines is 2. The summed E-state index contributed by atoms with van der Waals surface area (Å²) in [6.07, 6.45) is 7.17. The second-order valence-corrected chi connectivity index (χ2v) is 9.17. The third-order valence-corrected chi connectivity index (χ3v) is 6.76. The number of benzene rings is 1. The highest BCUT2D eigenvalue weighted by molar-refractivity contribution is 5.94. The van der Waals surface area contributed by atoms with E-state index < -0.39 is 0 Å². The fourth-order valence-corrected chi connectivity index (χ4v) is 4.75. The van der Waals surface area contributed by atoms with E-state index in [9.17, 15) is 4.79 Å². The SMILES string of the molecule is O=C(Nc1ccc(OC2CCN(CC3CCOC3)CC2)cc1)C1CN(c2cccnc2)C1. The van der Waals surface area contributed by atoms with E-state index in [-0.39, 0.29) is 17.9 Å². The molecule has 0 radical (unpaired) electrons. The molecule has 170 valence electrons. The predicted molar refractivity (Wildman–Crippen MR) is 124 cm³/mol. The molecule has 1 amide bonds. The van der Waals surface area contributed by atoms with Crippen molar-refractivity contribution < 1.29 is 14.3 Å². The molecule has 0 bridgehead atoms. The van der Waals surface area contributed by atoms with Gasteiger partial charge in [-0.05, 0) is 61.6 Å². The number of ether oxygens (including phenoxy) is 2. The highest BCUT2D eigenvalue weighted by Crippen LogP contribution is 2.26. The van der Waals surface area contributed by atoms with E-state index in [1.54, 1.807) is 6.20 Å². The number of amides is 1. The van der Waals surface area contributed by atoms with Crippen LogP contribution in [0.1, 0.15) is 19.3 Å². The number of likely N-dealkylation sites (tertiary alicyclic amines) is 1. The minimum atomic E-state index is 0.00659. The van der Waals surface area contributed by atoms with E-state index in [1.165, 1.54) is 6.42 Å². The van der Waals surface area contributed by atoms with Gasteiger partial charge >= 0.3 is 0 Å². The van der Waals surface area contributed by atoms with E-state index in [0.29, 0.717) is 5.92 Å². The summed E-state index contributed by atoms with van der Waals surface area (Å²) in [6, 6.07) is 11.7. The van der Waals surface area contributed by atoms with Crippen molar-refractivity contribution in [3.05, 3.63) is 48.8 Å². The first kappa shape index (κ1) is 21.2. The average molecular weight is 437 g/mol. The van der Waals surface area contributed by atoms with Crippen LogP contribution in [0.3, 0.4) is 0 Å². The number of aromatic nitrogens is 1. The fraction of sp³-hybridized carbons (Fsp3) is 0.520. The van der Waals surface area contributed by atoms with Crippen molar-refractivity contribution in [3.63, 3.8) is 0 Å². The zero-order chi connectivity index (χ0) is 21.8. The number of carbonyl (C=O) groups excluding carboxylic acids is 1. The van der Waals surface area contributed by atoms with E-state index in [0.717, 1.165) is 75.9 Å². The highest BCUT2D eigenvalue weighted by Gasteiger charge is 2.33. The van der Waals surface area contributed by atoms with Crippen molar-refractivity contribution in [1.82, 2.24) is 9.88 Å². The molecule has 1 aromatic carbocycles. The van der Waals surface area contributed by atoms with Gasteiger partial charge in [0.05, 0.1) is 24.4 Å². The van der Waals surface area contributed by atoms with Crippen LogP contribution in [-0.4, -0.2) is 67.8 Å². The molecule has 7 nitrogen and oxygen atoms in total. The van der Waals surface area contributed by atoms with Crippen LogP contribution in [0.2, 0.25) is 0 Å². The Morgan fingerprint density at radius 1 is 1.12 bits per heavy atom. The maximum Gasteiger partial charge on any atom is 0.231 e. The summed E-state index contributed by atoms with van der Waals surface area (Å²) in [4.78, 5) is 21.4. The van der Waals surface area contributed by atoms with Gasteiger partial charge in [-0.3, -0.25) is 9.78 Å². The molecule has 3 aliphatic rings. The van der Waals surface area contributed by atoms with Gasteiger partial charge in [0.2, 0.25) is 5.91 Å². The van der Waals surface area contributed by atoms with Gasteiger partial charge in [0, 0.05) is 51.2 Å². The minimum Gasteiger partial charge on any atom is -0.490 e. The molecular weight excluding hydrogens is 404 g/mol. The summed E-state index contributed by atoms with van der Waals surface area (Å²) in [5, 5.41) is 3.03. The molecule has 0 saturated carbocycles. The Kier molecular flexibility index (Phi) is 6.55. The molecule has 32 heavy (non-hydrogen) atoms. The van der Waals surface area contributed by atoms with Gasteiger partial charge in [0.15, 0.2) is 0 Å². The Bertz CT molecular complexity index is 872. The van der Waals surface area contributed by atoms with Gasteiger partial charge in [0.25, 0.3) is 0 Å². The van der Waals surface area contributed by atoms with Crippen LogP contribution in [0.5, 0.6) is 5.75 Å². The fourth-order valence-electron chi connectivity index (χ4n) is 4.75. The highest BCUT2D eigenvalue weighted by atomic mass is 16.5. The summed E-state index contributed by atoms with van der Waals surface area (Å²) < 4.78 is 11.7. The lowest BCUT2D eigenvalue weighted by atomic mass is 9.98. The summed E-state index contributed by atoms with van der Waals surface area (Å²) >= 11 is 0. The Morgan fingerprint density at radius 3 is 2.62 bits per heavy atom. The standard InChI is InChI=1S/C25H32N4O3/c30-25(20-16-29(17-20)22-2-1-10-26-14-22)27-21-3-5-23(6-4-21)32-24-7-11-28(12-8-24)15-19-9-13-31-18-19/h1-6,10,14,19-20,24H,7-9,11-13,15-18H2,(H,27,30). The zero-order valence-electron chi connectivity index (χ0n) is 18.5. The van der Waals surface area contributed by atoms with E-state index in [1.807, 2.05) is 42.6 Å². The largest absolute Gasteiger partial charge is 0.490 e. The van der Waals surface area contributed by atoms with Crippen LogP contribution in [0.25, 0.3) is 0 Å². The first-order valence-electron chi connectivity index (χ1n) is 11.8. The van der Waals surface area contributed by atoms with Crippen molar-refractivity contribution in [1.29, 1.82) is 0 Å². The number of nitrogens with zero attached hydrogens (tertiary/aromatic N) is 3. The lowest BCUT2D eigenvalue weighted by Gasteiger charge is -2.39. The topological polar surface area (TPSA) is 66.9 Å².